The second-order valence-corrected chi connectivity index (χ2v) is 7.41. The fraction of sp³-hybridized carbons (Fsp3) is 0.200. The van der Waals surface area contributed by atoms with Crippen LogP contribution in [0.5, 0.6) is 0 Å². The molecule has 5 rings (SSSR count). The summed E-state index contributed by atoms with van der Waals surface area (Å²) < 4.78 is 0. The van der Waals surface area contributed by atoms with Gasteiger partial charge in [0.25, 0.3) is 0 Å². The average Bonchev–Trinajstić information content (AvgIpc) is 2.73. The number of hydrogen-bond acceptors (Lipinski definition) is 1. The predicted molar refractivity (Wildman–Crippen MR) is 111 cm³/mol. The van der Waals surface area contributed by atoms with Gasteiger partial charge in [0.15, 0.2) is 0 Å². The zero-order valence-electron chi connectivity index (χ0n) is 14.9. The summed E-state index contributed by atoms with van der Waals surface area (Å²) in [6.07, 6.45) is 3.67. The molecule has 1 aliphatic rings. The van der Waals surface area contributed by atoms with E-state index < -0.39 is 0 Å². The van der Waals surface area contributed by atoms with E-state index in [-0.39, 0.29) is 0 Å². The van der Waals surface area contributed by atoms with Crippen molar-refractivity contribution in [1.29, 1.82) is 0 Å². The number of rotatable bonds is 2. The molecule has 0 radical (unpaired) electrons. The second-order valence-electron chi connectivity index (χ2n) is 7.41. The monoisotopic (exact) mass is 337 g/mol. The summed E-state index contributed by atoms with van der Waals surface area (Å²) in [6.45, 7) is 0.610. The Kier molecular flexibility index (Phi) is 3.76. The van der Waals surface area contributed by atoms with Gasteiger partial charge in [-0.2, -0.15) is 0 Å². The molecule has 0 amide bonds. The van der Waals surface area contributed by atoms with Crippen molar-refractivity contribution >= 4 is 21.5 Å². The molecule has 0 saturated carbocycles. The van der Waals surface area contributed by atoms with Crippen molar-refractivity contribution in [3.05, 3.63) is 95.1 Å². The summed E-state index contributed by atoms with van der Waals surface area (Å²) in [4.78, 5) is 0. The van der Waals surface area contributed by atoms with Crippen LogP contribution in [0.3, 0.4) is 0 Å². The van der Waals surface area contributed by atoms with E-state index in [4.69, 9.17) is 5.73 Å². The van der Waals surface area contributed by atoms with Gasteiger partial charge in [-0.3, -0.25) is 0 Å². The van der Waals surface area contributed by atoms with E-state index in [2.05, 4.69) is 72.8 Å². The van der Waals surface area contributed by atoms with Crippen molar-refractivity contribution in [2.45, 2.75) is 31.7 Å². The number of aryl methyl sites for hydroxylation is 1. The highest BCUT2D eigenvalue weighted by molar-refractivity contribution is 6.08. The molecule has 26 heavy (non-hydrogen) atoms. The largest absolute Gasteiger partial charge is 0.326 e. The first kappa shape index (κ1) is 15.6. The van der Waals surface area contributed by atoms with Crippen LogP contribution in [0.15, 0.2) is 72.8 Å². The van der Waals surface area contributed by atoms with Crippen molar-refractivity contribution < 1.29 is 0 Å². The SMILES string of the molecule is NCc1ccc(C2CCCc3c2ccc2c3ccc3ccccc32)cc1. The van der Waals surface area contributed by atoms with Crippen molar-refractivity contribution in [3.63, 3.8) is 0 Å². The lowest BCUT2D eigenvalue weighted by Crippen LogP contribution is -2.11. The maximum absolute atomic E-state index is 5.76. The lowest BCUT2D eigenvalue weighted by atomic mass is 9.77. The molecule has 0 aliphatic heterocycles. The smallest absolute Gasteiger partial charge is 0.0178 e. The Balaban J connectivity index is 1.69. The molecule has 4 aromatic carbocycles. The highest BCUT2D eigenvalue weighted by Gasteiger charge is 2.23. The number of nitrogens with two attached hydrogens (primary N) is 1. The Labute approximate surface area is 154 Å². The number of benzene rings is 4. The van der Waals surface area contributed by atoms with Crippen LogP contribution in [-0.2, 0) is 13.0 Å². The van der Waals surface area contributed by atoms with Crippen molar-refractivity contribution in [2.24, 2.45) is 5.73 Å². The standard InChI is InChI=1S/C25H23N/c26-16-17-8-10-19(11-9-17)21-6-3-7-22-23(21)14-15-24-20-5-2-1-4-18(20)12-13-25(22)24/h1-2,4-5,8-15,21H,3,6-7,16,26H2. The third kappa shape index (κ3) is 2.43. The highest BCUT2D eigenvalue weighted by Crippen LogP contribution is 2.41. The molecule has 128 valence electrons. The molecule has 1 aliphatic carbocycles. The molecule has 0 spiro atoms. The lowest BCUT2D eigenvalue weighted by Gasteiger charge is -2.27. The van der Waals surface area contributed by atoms with Gasteiger partial charge in [-0.05, 0) is 63.1 Å². The lowest BCUT2D eigenvalue weighted by molar-refractivity contribution is 0.619. The zero-order valence-corrected chi connectivity index (χ0v) is 14.9. The van der Waals surface area contributed by atoms with Gasteiger partial charge in [0, 0.05) is 12.5 Å². The van der Waals surface area contributed by atoms with Crippen LogP contribution in [0.4, 0.5) is 0 Å². The number of fused-ring (bicyclic) bond motifs is 5. The summed E-state index contributed by atoms with van der Waals surface area (Å²) in [6, 6.07) is 26.9. The van der Waals surface area contributed by atoms with E-state index in [9.17, 15) is 0 Å². The molecule has 0 aromatic heterocycles. The summed E-state index contributed by atoms with van der Waals surface area (Å²) in [5, 5.41) is 5.51. The molecular weight excluding hydrogens is 314 g/mol. The van der Waals surface area contributed by atoms with Gasteiger partial charge in [-0.15, -0.1) is 0 Å². The second kappa shape index (κ2) is 6.26. The molecule has 1 unspecified atom stereocenters. The Hall–Kier alpha value is -2.64. The van der Waals surface area contributed by atoms with Gasteiger partial charge in [-0.1, -0.05) is 72.8 Å². The minimum absolute atomic E-state index is 0.501. The van der Waals surface area contributed by atoms with Crippen molar-refractivity contribution in [3.8, 4) is 0 Å². The zero-order chi connectivity index (χ0) is 17.5. The van der Waals surface area contributed by atoms with Crippen molar-refractivity contribution in [2.75, 3.05) is 0 Å². The van der Waals surface area contributed by atoms with Crippen molar-refractivity contribution in [1.82, 2.24) is 0 Å². The third-order valence-electron chi connectivity index (χ3n) is 5.99. The summed E-state index contributed by atoms with van der Waals surface area (Å²) in [5.41, 5.74) is 11.4. The molecule has 1 heteroatoms. The Morgan fingerprint density at radius 3 is 2.42 bits per heavy atom. The first-order chi connectivity index (χ1) is 12.8. The Morgan fingerprint density at radius 2 is 1.58 bits per heavy atom. The summed E-state index contributed by atoms with van der Waals surface area (Å²) >= 11 is 0. The van der Waals surface area contributed by atoms with Crippen LogP contribution in [0.25, 0.3) is 21.5 Å². The van der Waals surface area contributed by atoms with Gasteiger partial charge in [0.05, 0.1) is 0 Å². The van der Waals surface area contributed by atoms with Gasteiger partial charge in [0.1, 0.15) is 0 Å². The van der Waals surface area contributed by atoms with E-state index in [1.165, 1.54) is 57.5 Å². The predicted octanol–water partition coefficient (Wildman–Crippen LogP) is 5.92. The van der Waals surface area contributed by atoms with Crippen LogP contribution < -0.4 is 5.73 Å². The maximum Gasteiger partial charge on any atom is 0.0178 e. The van der Waals surface area contributed by atoms with Gasteiger partial charge in [-0.25, -0.2) is 0 Å². The molecular formula is C25H23N. The van der Waals surface area contributed by atoms with Gasteiger partial charge < -0.3 is 5.73 Å². The molecule has 1 atom stereocenters. The van der Waals surface area contributed by atoms with E-state index in [0.29, 0.717) is 12.5 Å². The summed E-state index contributed by atoms with van der Waals surface area (Å²) in [7, 11) is 0. The third-order valence-corrected chi connectivity index (χ3v) is 5.99. The molecule has 2 N–H and O–H groups in total. The van der Waals surface area contributed by atoms with E-state index in [1.54, 1.807) is 5.56 Å². The van der Waals surface area contributed by atoms with E-state index in [1.807, 2.05) is 0 Å². The van der Waals surface area contributed by atoms with Gasteiger partial charge in [0.2, 0.25) is 0 Å². The highest BCUT2D eigenvalue weighted by atomic mass is 14.5. The molecule has 1 nitrogen and oxygen atoms in total. The van der Waals surface area contributed by atoms with Crippen LogP contribution in [0.1, 0.15) is 41.0 Å². The van der Waals surface area contributed by atoms with Crippen LogP contribution in [0.2, 0.25) is 0 Å². The van der Waals surface area contributed by atoms with Crippen LogP contribution in [0, 0.1) is 0 Å². The van der Waals surface area contributed by atoms with E-state index in [0.717, 1.165) is 0 Å². The Bertz CT molecular complexity index is 1090. The minimum Gasteiger partial charge on any atom is -0.326 e. The quantitative estimate of drug-likeness (QED) is 0.451. The fourth-order valence-corrected chi connectivity index (χ4v) is 4.64. The summed E-state index contributed by atoms with van der Waals surface area (Å²) in [5.74, 6) is 0.501. The van der Waals surface area contributed by atoms with Gasteiger partial charge >= 0.3 is 0 Å². The first-order valence-electron chi connectivity index (χ1n) is 9.57. The minimum atomic E-state index is 0.501. The molecule has 0 saturated heterocycles. The number of hydrogen-bond donors (Lipinski definition) is 1. The van der Waals surface area contributed by atoms with Crippen LogP contribution >= 0.6 is 0 Å². The normalized spacial score (nSPS) is 16.7. The molecule has 4 aromatic rings. The molecule has 0 fully saturated rings. The molecule has 0 bridgehead atoms. The maximum atomic E-state index is 5.76. The average molecular weight is 337 g/mol. The van der Waals surface area contributed by atoms with Crippen LogP contribution in [-0.4, -0.2) is 0 Å². The van der Waals surface area contributed by atoms with E-state index >= 15 is 0 Å². The topological polar surface area (TPSA) is 26.0 Å². The fourth-order valence-electron chi connectivity index (χ4n) is 4.64. The first-order valence-corrected chi connectivity index (χ1v) is 9.57. The Morgan fingerprint density at radius 1 is 0.769 bits per heavy atom. The molecule has 0 heterocycles.